The second kappa shape index (κ2) is 7.75. The van der Waals surface area contributed by atoms with Crippen LogP contribution in [0.3, 0.4) is 0 Å². The Balaban J connectivity index is 1.58. The van der Waals surface area contributed by atoms with Gasteiger partial charge in [-0.15, -0.1) is 11.3 Å². The number of aryl methyl sites for hydroxylation is 1. The molecule has 1 fully saturated rings. The van der Waals surface area contributed by atoms with E-state index in [1.54, 1.807) is 17.5 Å². The fourth-order valence-electron chi connectivity index (χ4n) is 3.19. The summed E-state index contributed by atoms with van der Waals surface area (Å²) in [6.45, 7) is 3.71. The highest BCUT2D eigenvalue weighted by Gasteiger charge is 2.23. The first-order valence-electron chi connectivity index (χ1n) is 8.49. The van der Waals surface area contributed by atoms with Gasteiger partial charge in [0.1, 0.15) is 5.82 Å². The summed E-state index contributed by atoms with van der Waals surface area (Å²) in [4.78, 5) is 24.4. The van der Waals surface area contributed by atoms with Crippen LogP contribution in [0.15, 0.2) is 23.8 Å². The summed E-state index contributed by atoms with van der Waals surface area (Å²) >= 11 is 1.55. The summed E-state index contributed by atoms with van der Waals surface area (Å²) < 4.78 is 0. The van der Waals surface area contributed by atoms with E-state index in [-0.39, 0.29) is 5.91 Å². The Morgan fingerprint density at radius 2 is 2.21 bits per heavy atom. The van der Waals surface area contributed by atoms with Crippen LogP contribution in [0.1, 0.15) is 40.2 Å². The number of nitrogens with one attached hydrogen (secondary N) is 1. The summed E-state index contributed by atoms with van der Waals surface area (Å²) in [7, 11) is 1.84. The lowest BCUT2D eigenvalue weighted by Crippen LogP contribution is -2.31. The van der Waals surface area contributed by atoms with Crippen molar-refractivity contribution in [3.05, 3.63) is 40.0 Å². The molecule has 0 spiro atoms. The van der Waals surface area contributed by atoms with Gasteiger partial charge in [-0.1, -0.05) is 0 Å². The molecule has 6 heteroatoms. The second-order valence-corrected chi connectivity index (χ2v) is 7.29. The van der Waals surface area contributed by atoms with E-state index < -0.39 is 0 Å². The molecule has 0 radical (unpaired) electrons. The highest BCUT2D eigenvalue weighted by molar-refractivity contribution is 7.12. The van der Waals surface area contributed by atoms with Gasteiger partial charge in [-0.25, -0.2) is 4.98 Å². The lowest BCUT2D eigenvalue weighted by molar-refractivity contribution is 0.0764. The van der Waals surface area contributed by atoms with E-state index in [0.29, 0.717) is 5.92 Å². The molecule has 1 aliphatic heterocycles. The molecule has 128 valence electrons. The van der Waals surface area contributed by atoms with E-state index in [1.807, 2.05) is 36.5 Å². The Kier molecular flexibility index (Phi) is 5.45. The van der Waals surface area contributed by atoms with Gasteiger partial charge in [0.05, 0.1) is 23.0 Å². The lowest BCUT2D eigenvalue weighted by atomic mass is 9.95. The molecule has 1 atom stereocenters. The van der Waals surface area contributed by atoms with Crippen LogP contribution in [0.25, 0.3) is 0 Å². The largest absolute Gasteiger partial charge is 0.372 e. The SMILES string of the molecule is CNc1cnc(C[C@@H]2CCCN(C(=O)c3sccc3C)CC2)cn1. The zero-order valence-electron chi connectivity index (χ0n) is 14.3. The number of nitrogens with zero attached hydrogens (tertiary/aromatic N) is 3. The second-order valence-electron chi connectivity index (χ2n) is 6.37. The molecule has 1 saturated heterocycles. The van der Waals surface area contributed by atoms with Crippen LogP contribution in [-0.4, -0.2) is 40.9 Å². The van der Waals surface area contributed by atoms with Gasteiger partial charge in [-0.2, -0.15) is 0 Å². The van der Waals surface area contributed by atoms with Crippen molar-refractivity contribution in [3.63, 3.8) is 0 Å². The molecule has 0 bridgehead atoms. The van der Waals surface area contributed by atoms with Crippen LogP contribution < -0.4 is 5.32 Å². The maximum atomic E-state index is 12.7. The van der Waals surface area contributed by atoms with Crippen LogP contribution in [0, 0.1) is 12.8 Å². The van der Waals surface area contributed by atoms with Crippen LogP contribution in [-0.2, 0) is 6.42 Å². The van der Waals surface area contributed by atoms with Crippen molar-refractivity contribution in [1.29, 1.82) is 0 Å². The summed E-state index contributed by atoms with van der Waals surface area (Å²) in [5.41, 5.74) is 2.12. The van der Waals surface area contributed by atoms with Crippen LogP contribution in [0.2, 0.25) is 0 Å². The highest BCUT2D eigenvalue weighted by Crippen LogP contribution is 2.24. The standard InChI is InChI=1S/C18H24N4OS/c1-13-6-9-24-17(13)18(23)22-7-3-4-14(5-8-22)10-15-11-21-16(19-2)12-20-15/h6,9,11-12,14H,3-5,7-8,10H2,1-2H3,(H,19,21)/t14-/m1/s1. The van der Waals surface area contributed by atoms with E-state index in [9.17, 15) is 4.79 Å². The Bertz CT molecular complexity index is 683. The highest BCUT2D eigenvalue weighted by atomic mass is 32.1. The van der Waals surface area contributed by atoms with Crippen molar-refractivity contribution in [3.8, 4) is 0 Å². The van der Waals surface area contributed by atoms with Gasteiger partial charge in [0.2, 0.25) is 0 Å². The fraction of sp³-hybridized carbons (Fsp3) is 0.500. The van der Waals surface area contributed by atoms with E-state index in [1.165, 1.54) is 0 Å². The number of carbonyl (C=O) groups is 1. The number of hydrogen-bond acceptors (Lipinski definition) is 5. The topological polar surface area (TPSA) is 58.1 Å². The van der Waals surface area contributed by atoms with Crippen LogP contribution in [0.5, 0.6) is 0 Å². The molecule has 2 aromatic heterocycles. The van der Waals surface area contributed by atoms with Gasteiger partial charge in [-0.3, -0.25) is 9.78 Å². The third kappa shape index (κ3) is 3.93. The van der Waals surface area contributed by atoms with E-state index in [0.717, 1.165) is 60.7 Å². The van der Waals surface area contributed by atoms with Gasteiger partial charge in [-0.05, 0) is 55.5 Å². The van der Waals surface area contributed by atoms with Crippen LogP contribution in [0.4, 0.5) is 5.82 Å². The first-order valence-corrected chi connectivity index (χ1v) is 9.37. The molecule has 3 rings (SSSR count). The molecule has 24 heavy (non-hydrogen) atoms. The molecule has 0 aromatic carbocycles. The zero-order chi connectivity index (χ0) is 16.9. The van der Waals surface area contributed by atoms with Crippen molar-refractivity contribution >= 4 is 23.1 Å². The Morgan fingerprint density at radius 1 is 1.33 bits per heavy atom. The fourth-order valence-corrected chi connectivity index (χ4v) is 4.09. The van der Waals surface area contributed by atoms with Crippen molar-refractivity contribution in [2.75, 3.05) is 25.5 Å². The molecule has 0 aliphatic carbocycles. The number of carbonyl (C=O) groups excluding carboxylic acids is 1. The monoisotopic (exact) mass is 344 g/mol. The van der Waals surface area contributed by atoms with E-state index in [4.69, 9.17) is 0 Å². The van der Waals surface area contributed by atoms with Gasteiger partial charge < -0.3 is 10.2 Å². The maximum absolute atomic E-state index is 12.7. The number of likely N-dealkylation sites (tertiary alicyclic amines) is 1. The summed E-state index contributed by atoms with van der Waals surface area (Å²) in [5.74, 6) is 1.56. The third-order valence-corrected chi connectivity index (χ3v) is 5.65. The lowest BCUT2D eigenvalue weighted by Gasteiger charge is -2.20. The molecule has 1 amide bonds. The molecule has 5 nitrogen and oxygen atoms in total. The molecular weight excluding hydrogens is 320 g/mol. The molecule has 1 N–H and O–H groups in total. The minimum atomic E-state index is 0.196. The first-order chi connectivity index (χ1) is 11.7. The average molecular weight is 344 g/mol. The van der Waals surface area contributed by atoms with Crippen molar-refractivity contribution < 1.29 is 4.79 Å². The van der Waals surface area contributed by atoms with E-state index >= 15 is 0 Å². The van der Waals surface area contributed by atoms with Gasteiger partial charge >= 0.3 is 0 Å². The molecule has 0 unspecified atom stereocenters. The van der Waals surface area contributed by atoms with Gasteiger partial charge in [0.25, 0.3) is 5.91 Å². The Labute approximate surface area is 147 Å². The van der Waals surface area contributed by atoms with Crippen molar-refractivity contribution in [2.45, 2.75) is 32.6 Å². The Hall–Kier alpha value is -1.95. The molecule has 2 aromatic rings. The first kappa shape index (κ1) is 16.9. The number of rotatable bonds is 4. The number of aromatic nitrogens is 2. The number of amides is 1. The van der Waals surface area contributed by atoms with Crippen LogP contribution >= 0.6 is 11.3 Å². The normalized spacial score (nSPS) is 18.2. The quantitative estimate of drug-likeness (QED) is 0.924. The summed E-state index contributed by atoms with van der Waals surface area (Å²) in [6.07, 6.45) is 7.81. The molecule has 3 heterocycles. The summed E-state index contributed by atoms with van der Waals surface area (Å²) in [5, 5.41) is 4.98. The van der Waals surface area contributed by atoms with E-state index in [2.05, 4.69) is 15.3 Å². The molecular formula is C18H24N4OS. The predicted molar refractivity (Wildman–Crippen MR) is 97.6 cm³/mol. The minimum Gasteiger partial charge on any atom is -0.372 e. The molecule has 0 saturated carbocycles. The number of hydrogen-bond donors (Lipinski definition) is 1. The summed E-state index contributed by atoms with van der Waals surface area (Å²) in [6, 6.07) is 2.02. The predicted octanol–water partition coefficient (Wildman–Crippen LogP) is 3.37. The minimum absolute atomic E-state index is 0.196. The number of anilines is 1. The zero-order valence-corrected chi connectivity index (χ0v) is 15.1. The number of thiophene rings is 1. The van der Waals surface area contributed by atoms with Crippen molar-refractivity contribution in [1.82, 2.24) is 14.9 Å². The molecule has 1 aliphatic rings. The van der Waals surface area contributed by atoms with Crippen molar-refractivity contribution in [2.24, 2.45) is 5.92 Å². The smallest absolute Gasteiger partial charge is 0.264 e. The average Bonchev–Trinajstić information content (AvgIpc) is 2.89. The third-order valence-electron chi connectivity index (χ3n) is 4.65. The maximum Gasteiger partial charge on any atom is 0.264 e. The van der Waals surface area contributed by atoms with Gasteiger partial charge in [0, 0.05) is 20.1 Å². The Morgan fingerprint density at radius 3 is 2.88 bits per heavy atom. The van der Waals surface area contributed by atoms with Gasteiger partial charge in [0.15, 0.2) is 0 Å².